The van der Waals surface area contributed by atoms with Gasteiger partial charge in [0, 0.05) is 47.9 Å². The Balaban J connectivity index is 2.01. The maximum Gasteiger partial charge on any atom is 0.162 e. The second-order valence-electron chi connectivity index (χ2n) is 8.96. The lowest BCUT2D eigenvalue weighted by Crippen LogP contribution is -2.37. The average molecular weight is 509 g/mol. The van der Waals surface area contributed by atoms with Crippen LogP contribution in [-0.2, 0) is 4.74 Å². The van der Waals surface area contributed by atoms with Gasteiger partial charge in [-0.3, -0.25) is 4.90 Å². The van der Waals surface area contributed by atoms with E-state index in [0.29, 0.717) is 18.1 Å². The van der Waals surface area contributed by atoms with Crippen LogP contribution in [0, 0.1) is 0 Å². The molecule has 5 nitrogen and oxygen atoms in total. The van der Waals surface area contributed by atoms with Gasteiger partial charge in [0.05, 0.1) is 11.5 Å². The smallest absolute Gasteiger partial charge is 0.162 e. The van der Waals surface area contributed by atoms with E-state index in [-0.39, 0.29) is 6.10 Å². The third-order valence-corrected chi connectivity index (χ3v) is 7.13. The Hall–Kier alpha value is -2.79. The van der Waals surface area contributed by atoms with Gasteiger partial charge in [-0.15, -0.1) is 0 Å². The molecular weight excluding hydrogens is 464 g/mol. The molecule has 2 heterocycles. The van der Waals surface area contributed by atoms with E-state index in [1.807, 2.05) is 11.8 Å². The zero-order chi connectivity index (χ0) is 26.5. The zero-order valence-corrected chi connectivity index (χ0v) is 23.6. The van der Waals surface area contributed by atoms with Gasteiger partial charge in [0.15, 0.2) is 5.76 Å². The first kappa shape index (κ1) is 29.4. The predicted molar refractivity (Wildman–Crippen MR) is 157 cm³/mol. The highest BCUT2D eigenvalue weighted by Crippen LogP contribution is 2.40. The first-order valence-corrected chi connectivity index (χ1v) is 13.6. The van der Waals surface area contributed by atoms with E-state index in [9.17, 15) is 0 Å². The van der Waals surface area contributed by atoms with E-state index in [4.69, 9.17) is 10.5 Å². The molecule has 196 valence electrons. The fourth-order valence-corrected chi connectivity index (χ4v) is 5.30. The minimum atomic E-state index is 0.188. The predicted octanol–water partition coefficient (Wildman–Crippen LogP) is 6.67. The van der Waals surface area contributed by atoms with Crippen LogP contribution in [0.2, 0.25) is 0 Å². The van der Waals surface area contributed by atoms with E-state index >= 15 is 0 Å². The topological polar surface area (TPSA) is 53.8 Å². The first-order valence-electron chi connectivity index (χ1n) is 12.8. The quantitative estimate of drug-likeness (QED) is 0.133. The monoisotopic (exact) mass is 508 g/mol. The van der Waals surface area contributed by atoms with Gasteiger partial charge in [-0.2, -0.15) is 0 Å². The van der Waals surface area contributed by atoms with Gasteiger partial charge >= 0.3 is 0 Å². The van der Waals surface area contributed by atoms with Crippen molar-refractivity contribution >= 4 is 11.8 Å². The Labute approximate surface area is 223 Å². The van der Waals surface area contributed by atoms with Crippen molar-refractivity contribution in [3.63, 3.8) is 0 Å². The Morgan fingerprint density at radius 3 is 2.58 bits per heavy atom. The molecule has 0 saturated carbocycles. The average Bonchev–Trinajstić information content (AvgIpc) is 2.84. The molecule has 0 aromatic rings. The third-order valence-electron chi connectivity index (χ3n) is 6.07. The summed E-state index contributed by atoms with van der Waals surface area (Å²) in [5.74, 6) is 1.21. The second-order valence-corrected chi connectivity index (χ2v) is 10.4. The Morgan fingerprint density at radius 2 is 1.97 bits per heavy atom. The van der Waals surface area contributed by atoms with Crippen molar-refractivity contribution < 1.29 is 4.74 Å². The Bertz CT molecular complexity index is 1000. The van der Waals surface area contributed by atoms with Gasteiger partial charge in [0.25, 0.3) is 0 Å². The van der Waals surface area contributed by atoms with Crippen LogP contribution in [0.1, 0.15) is 53.9 Å². The number of ether oxygens (including phenoxy) is 1. The molecule has 0 radical (unpaired) electrons. The summed E-state index contributed by atoms with van der Waals surface area (Å²) < 4.78 is 6.26. The summed E-state index contributed by atoms with van der Waals surface area (Å²) in [5, 5.41) is 3.00. The fraction of sp³-hybridized carbons (Fsp3) is 0.433. The van der Waals surface area contributed by atoms with Crippen LogP contribution < -0.4 is 11.1 Å². The molecule has 0 unspecified atom stereocenters. The molecule has 2 rings (SSSR count). The number of nitrogens with two attached hydrogens (primary N) is 1. The summed E-state index contributed by atoms with van der Waals surface area (Å²) in [6.45, 7) is 22.0. The molecule has 2 aliphatic rings. The van der Waals surface area contributed by atoms with E-state index in [2.05, 4.69) is 105 Å². The highest BCUT2D eigenvalue weighted by atomic mass is 32.2. The number of hydrogen-bond acceptors (Lipinski definition) is 6. The maximum absolute atomic E-state index is 6.26. The van der Waals surface area contributed by atoms with Gasteiger partial charge in [-0.1, -0.05) is 55.8 Å². The fourth-order valence-electron chi connectivity index (χ4n) is 4.21. The third kappa shape index (κ3) is 9.34. The number of thioether (sulfide) groups is 1. The van der Waals surface area contributed by atoms with E-state index in [0.717, 1.165) is 44.5 Å². The zero-order valence-electron chi connectivity index (χ0n) is 22.8. The summed E-state index contributed by atoms with van der Waals surface area (Å²) in [6.07, 6.45) is 17.7. The molecule has 0 bridgehead atoms. The minimum Gasteiger partial charge on any atom is -0.483 e. The largest absolute Gasteiger partial charge is 0.483 e. The number of hydrogen-bond donors (Lipinski definition) is 2. The minimum absolute atomic E-state index is 0.188. The molecule has 0 spiro atoms. The second kappa shape index (κ2) is 15.4. The maximum atomic E-state index is 6.26. The summed E-state index contributed by atoms with van der Waals surface area (Å²) in [7, 11) is 0. The lowest BCUT2D eigenvalue weighted by Gasteiger charge is -2.32. The van der Waals surface area contributed by atoms with Crippen LogP contribution in [0.4, 0.5) is 0 Å². The van der Waals surface area contributed by atoms with Crippen molar-refractivity contribution in [3.05, 3.63) is 99.9 Å². The number of allylic oxidation sites excluding steroid dienone is 7. The van der Waals surface area contributed by atoms with Crippen LogP contribution in [-0.4, -0.2) is 42.1 Å². The van der Waals surface area contributed by atoms with Crippen molar-refractivity contribution in [1.82, 2.24) is 15.1 Å². The van der Waals surface area contributed by atoms with Crippen molar-refractivity contribution in [2.45, 2.75) is 60.0 Å². The van der Waals surface area contributed by atoms with Crippen molar-refractivity contribution in [2.75, 3.05) is 26.2 Å². The summed E-state index contributed by atoms with van der Waals surface area (Å²) >= 11 is 1.86. The van der Waals surface area contributed by atoms with Gasteiger partial charge < -0.3 is 20.7 Å². The van der Waals surface area contributed by atoms with Crippen LogP contribution in [0.25, 0.3) is 0 Å². The molecule has 1 fully saturated rings. The van der Waals surface area contributed by atoms with Gasteiger partial charge in [-0.05, 0) is 70.8 Å². The van der Waals surface area contributed by atoms with Crippen molar-refractivity contribution in [1.29, 1.82) is 0 Å². The molecule has 0 aromatic carbocycles. The van der Waals surface area contributed by atoms with Gasteiger partial charge in [0.2, 0.25) is 0 Å². The van der Waals surface area contributed by atoms with E-state index < -0.39 is 0 Å². The number of likely N-dealkylation sites (tertiary alicyclic amines) is 1. The molecular formula is C30H44N4OS. The molecule has 0 amide bonds. The van der Waals surface area contributed by atoms with Crippen molar-refractivity contribution in [3.8, 4) is 0 Å². The highest BCUT2D eigenvalue weighted by molar-refractivity contribution is 8.06. The number of nitrogens with one attached hydrogen (secondary N) is 1. The molecule has 6 heteroatoms. The van der Waals surface area contributed by atoms with Gasteiger partial charge in [0.1, 0.15) is 6.10 Å². The standard InChI is InChI=1S/C30H44N4OS/c1-8-13-30-25(6)36-24(5)29(10-3)34(30)21-14-23(4)22-27(9-2)35-28-15-19-33(20-16-28)18-12-11-17-32-26(7)31/h8-9,11-14,21,28,32H,2,7,10,15-20,31H2,1,3-6H3/b12-11+,13-8-,21-14+. The molecule has 0 aromatic heterocycles. The molecule has 36 heavy (non-hydrogen) atoms. The molecule has 3 N–H and O–H groups in total. The van der Waals surface area contributed by atoms with Crippen molar-refractivity contribution in [2.24, 2.45) is 5.73 Å². The van der Waals surface area contributed by atoms with Crippen LogP contribution in [0.15, 0.2) is 99.9 Å². The Kier molecular flexibility index (Phi) is 12.6. The van der Waals surface area contributed by atoms with E-state index in [1.54, 1.807) is 6.08 Å². The molecule has 0 aliphatic carbocycles. The Morgan fingerprint density at radius 1 is 1.25 bits per heavy atom. The molecule has 2 aliphatic heterocycles. The molecule has 0 atom stereocenters. The number of piperidine rings is 1. The molecule has 1 saturated heterocycles. The van der Waals surface area contributed by atoms with Crippen LogP contribution in [0.5, 0.6) is 0 Å². The lowest BCUT2D eigenvalue weighted by atomic mass is 10.1. The van der Waals surface area contributed by atoms with Crippen LogP contribution in [0.3, 0.4) is 0 Å². The highest BCUT2D eigenvalue weighted by Gasteiger charge is 2.21. The SMILES string of the molecule is C=CC(=C=C(C)/C=C/N1C(/C=C\C)=C(C)SC(C)=C1CC)OC1CCN(C/C=C/CNC(=C)N)CC1. The lowest BCUT2D eigenvalue weighted by molar-refractivity contribution is 0.0600. The summed E-state index contributed by atoms with van der Waals surface area (Å²) in [5.41, 5.74) is 12.5. The summed E-state index contributed by atoms with van der Waals surface area (Å²) in [4.78, 5) is 7.39. The van der Waals surface area contributed by atoms with E-state index in [1.165, 1.54) is 21.2 Å². The van der Waals surface area contributed by atoms with Gasteiger partial charge in [-0.25, -0.2) is 0 Å². The number of nitrogens with zero attached hydrogens (tertiary/aromatic N) is 2. The van der Waals surface area contributed by atoms with Crippen LogP contribution >= 0.6 is 11.8 Å². The first-order chi connectivity index (χ1) is 17.3. The normalized spacial score (nSPS) is 17.9. The summed E-state index contributed by atoms with van der Waals surface area (Å²) in [6, 6.07) is 0. The number of rotatable bonds is 12.